The summed E-state index contributed by atoms with van der Waals surface area (Å²) in [7, 11) is 0. The number of alkyl carbamates (subject to hydrolysis) is 1. The number of carboxylic acids is 1. The summed E-state index contributed by atoms with van der Waals surface area (Å²) in [5.41, 5.74) is 3.84. The smallest absolute Gasteiger partial charge is 0.407 e. The SMILES string of the molecule is CCC1(C(=O)O)CN(C(=O)C2CC=CC(NC(=O)OCC3c4ccccc4-c4ccccc43)C2)C1. The van der Waals surface area contributed by atoms with E-state index in [9.17, 15) is 19.5 Å². The summed E-state index contributed by atoms with van der Waals surface area (Å²) in [6, 6.07) is 16.1. The fourth-order valence-corrected chi connectivity index (χ4v) is 5.60. The lowest BCUT2D eigenvalue weighted by molar-refractivity contribution is -0.168. The third-order valence-corrected chi connectivity index (χ3v) is 7.75. The molecule has 2 aromatic carbocycles. The van der Waals surface area contributed by atoms with Crippen LogP contribution in [-0.2, 0) is 14.3 Å². The molecule has 0 aromatic heterocycles. The van der Waals surface area contributed by atoms with Crippen LogP contribution in [0.3, 0.4) is 0 Å². The largest absolute Gasteiger partial charge is 0.481 e. The zero-order chi connectivity index (χ0) is 24.6. The number of aliphatic carboxylic acids is 1. The van der Waals surface area contributed by atoms with Gasteiger partial charge in [-0.25, -0.2) is 4.79 Å². The molecule has 0 saturated carbocycles. The summed E-state index contributed by atoms with van der Waals surface area (Å²) in [6.45, 7) is 2.58. The number of carbonyl (C=O) groups is 3. The molecule has 7 heteroatoms. The van der Waals surface area contributed by atoms with Crippen LogP contribution in [0, 0.1) is 11.3 Å². The number of allylic oxidation sites excluding steroid dienone is 1. The molecule has 3 aliphatic rings. The normalized spacial score (nSPS) is 22.0. The summed E-state index contributed by atoms with van der Waals surface area (Å²) in [4.78, 5) is 38.7. The van der Waals surface area contributed by atoms with Crippen LogP contribution in [0.2, 0.25) is 0 Å². The molecule has 1 aliphatic heterocycles. The summed E-state index contributed by atoms with van der Waals surface area (Å²) < 4.78 is 5.64. The Labute approximate surface area is 204 Å². The van der Waals surface area contributed by atoms with E-state index in [0.29, 0.717) is 19.3 Å². The average molecular weight is 475 g/mol. The van der Waals surface area contributed by atoms with Crippen molar-refractivity contribution in [2.75, 3.05) is 19.7 Å². The van der Waals surface area contributed by atoms with Gasteiger partial charge in [-0.1, -0.05) is 67.6 Å². The van der Waals surface area contributed by atoms with Crippen molar-refractivity contribution >= 4 is 18.0 Å². The summed E-state index contributed by atoms with van der Waals surface area (Å²) in [6.07, 6.45) is 4.86. The Morgan fingerprint density at radius 2 is 1.69 bits per heavy atom. The maximum atomic E-state index is 12.9. The van der Waals surface area contributed by atoms with Gasteiger partial charge in [0, 0.05) is 24.9 Å². The second-order valence-electron chi connectivity index (χ2n) is 9.81. The second-order valence-corrected chi connectivity index (χ2v) is 9.81. The van der Waals surface area contributed by atoms with Crippen LogP contribution >= 0.6 is 0 Å². The molecule has 0 radical (unpaired) electrons. The molecular formula is C28H30N2O5. The van der Waals surface area contributed by atoms with E-state index in [0.717, 1.165) is 11.1 Å². The fourth-order valence-electron chi connectivity index (χ4n) is 5.60. The van der Waals surface area contributed by atoms with Crippen LogP contribution in [0.1, 0.15) is 43.2 Å². The number of hydrogen-bond acceptors (Lipinski definition) is 4. The number of rotatable bonds is 6. The summed E-state index contributed by atoms with van der Waals surface area (Å²) >= 11 is 0. The van der Waals surface area contributed by atoms with E-state index in [-0.39, 0.29) is 43.5 Å². The number of likely N-dealkylation sites (tertiary alicyclic amines) is 1. The van der Waals surface area contributed by atoms with E-state index in [1.807, 2.05) is 43.3 Å². The third-order valence-electron chi connectivity index (χ3n) is 7.75. The molecule has 182 valence electrons. The van der Waals surface area contributed by atoms with Gasteiger partial charge in [-0.15, -0.1) is 0 Å². The predicted octanol–water partition coefficient (Wildman–Crippen LogP) is 4.18. The van der Waals surface area contributed by atoms with Crippen LogP contribution in [0.5, 0.6) is 0 Å². The van der Waals surface area contributed by atoms with E-state index >= 15 is 0 Å². The number of nitrogens with one attached hydrogen (secondary N) is 1. The molecule has 1 fully saturated rings. The van der Waals surface area contributed by atoms with Crippen molar-refractivity contribution in [2.45, 2.75) is 38.1 Å². The molecule has 2 atom stereocenters. The first-order chi connectivity index (χ1) is 16.9. The van der Waals surface area contributed by atoms with E-state index in [4.69, 9.17) is 4.74 Å². The maximum Gasteiger partial charge on any atom is 0.407 e. The number of fused-ring (bicyclic) bond motifs is 3. The zero-order valence-electron chi connectivity index (χ0n) is 19.8. The molecule has 2 aromatic rings. The van der Waals surface area contributed by atoms with Crippen LogP contribution in [0.15, 0.2) is 60.7 Å². The van der Waals surface area contributed by atoms with Crippen molar-refractivity contribution in [1.82, 2.24) is 10.2 Å². The molecule has 0 bridgehead atoms. The molecule has 2 aliphatic carbocycles. The highest BCUT2D eigenvalue weighted by Crippen LogP contribution is 2.44. The predicted molar refractivity (Wildman–Crippen MR) is 131 cm³/mol. The summed E-state index contributed by atoms with van der Waals surface area (Å²) in [5.74, 6) is -1.17. The molecule has 35 heavy (non-hydrogen) atoms. The quantitative estimate of drug-likeness (QED) is 0.613. The van der Waals surface area contributed by atoms with Gasteiger partial charge in [-0.3, -0.25) is 9.59 Å². The molecule has 1 heterocycles. The number of benzene rings is 2. The van der Waals surface area contributed by atoms with Crippen LogP contribution in [0.4, 0.5) is 4.79 Å². The Morgan fingerprint density at radius 1 is 1.06 bits per heavy atom. The lowest BCUT2D eigenvalue weighted by atomic mass is 9.76. The molecule has 2 N–H and O–H groups in total. The Hall–Kier alpha value is -3.61. The maximum absolute atomic E-state index is 12.9. The van der Waals surface area contributed by atoms with Gasteiger partial charge in [0.1, 0.15) is 12.0 Å². The van der Waals surface area contributed by atoms with Gasteiger partial charge in [-0.2, -0.15) is 0 Å². The first-order valence-corrected chi connectivity index (χ1v) is 12.2. The first-order valence-electron chi connectivity index (χ1n) is 12.2. The molecule has 2 unspecified atom stereocenters. The minimum absolute atomic E-state index is 0.0103. The Bertz CT molecular complexity index is 1140. The van der Waals surface area contributed by atoms with Crippen molar-refractivity contribution in [3.05, 3.63) is 71.8 Å². The Kier molecular flexibility index (Phi) is 6.09. The number of amides is 2. The van der Waals surface area contributed by atoms with E-state index in [1.165, 1.54) is 11.1 Å². The molecule has 1 saturated heterocycles. The van der Waals surface area contributed by atoms with Gasteiger partial charge in [0.15, 0.2) is 0 Å². The van der Waals surface area contributed by atoms with Crippen molar-refractivity contribution in [3.8, 4) is 11.1 Å². The Balaban J connectivity index is 1.16. The van der Waals surface area contributed by atoms with Crippen LogP contribution < -0.4 is 5.32 Å². The topological polar surface area (TPSA) is 95.9 Å². The van der Waals surface area contributed by atoms with Gasteiger partial charge in [0.25, 0.3) is 0 Å². The number of carbonyl (C=O) groups excluding carboxylic acids is 2. The van der Waals surface area contributed by atoms with Gasteiger partial charge in [0.05, 0.1) is 6.04 Å². The van der Waals surface area contributed by atoms with E-state index in [1.54, 1.807) is 4.90 Å². The molecule has 5 rings (SSSR count). The number of carboxylic acid groups (broad SMARTS) is 1. The highest BCUT2D eigenvalue weighted by atomic mass is 16.5. The lowest BCUT2D eigenvalue weighted by Gasteiger charge is -2.48. The molecular weight excluding hydrogens is 444 g/mol. The molecule has 0 spiro atoms. The molecule has 2 amide bonds. The average Bonchev–Trinajstić information content (AvgIpc) is 3.16. The highest BCUT2D eigenvalue weighted by Gasteiger charge is 2.50. The van der Waals surface area contributed by atoms with Crippen molar-refractivity contribution < 1.29 is 24.2 Å². The third kappa shape index (κ3) is 4.20. The van der Waals surface area contributed by atoms with Gasteiger partial charge in [0.2, 0.25) is 5.91 Å². The van der Waals surface area contributed by atoms with Crippen molar-refractivity contribution in [2.24, 2.45) is 11.3 Å². The number of nitrogens with zero attached hydrogens (tertiary/aromatic N) is 1. The van der Waals surface area contributed by atoms with Crippen LogP contribution in [0.25, 0.3) is 11.1 Å². The minimum atomic E-state index is -0.845. The number of hydrogen-bond donors (Lipinski definition) is 2. The van der Waals surface area contributed by atoms with Gasteiger partial charge >= 0.3 is 12.1 Å². The zero-order valence-corrected chi connectivity index (χ0v) is 19.8. The highest BCUT2D eigenvalue weighted by molar-refractivity contribution is 5.85. The van der Waals surface area contributed by atoms with Crippen LogP contribution in [-0.4, -0.2) is 53.7 Å². The fraction of sp³-hybridized carbons (Fsp3) is 0.393. The number of ether oxygens (including phenoxy) is 1. The molecule has 7 nitrogen and oxygen atoms in total. The Morgan fingerprint density at radius 3 is 2.29 bits per heavy atom. The second kappa shape index (κ2) is 9.21. The van der Waals surface area contributed by atoms with Gasteiger partial charge < -0.3 is 20.1 Å². The van der Waals surface area contributed by atoms with Crippen molar-refractivity contribution in [1.29, 1.82) is 0 Å². The monoisotopic (exact) mass is 474 g/mol. The first kappa shape index (κ1) is 23.1. The minimum Gasteiger partial charge on any atom is -0.481 e. The van der Waals surface area contributed by atoms with E-state index < -0.39 is 17.5 Å². The van der Waals surface area contributed by atoms with Gasteiger partial charge in [-0.05, 0) is 41.5 Å². The summed E-state index contributed by atoms with van der Waals surface area (Å²) in [5, 5.41) is 12.3. The lowest BCUT2D eigenvalue weighted by Crippen LogP contribution is -2.63. The van der Waals surface area contributed by atoms with Crippen molar-refractivity contribution in [3.63, 3.8) is 0 Å². The standard InChI is InChI=1S/C28H30N2O5/c1-2-28(26(32)33)16-30(17-28)25(31)18-8-7-9-19(14-18)29-27(34)35-15-24-22-12-5-3-10-20(22)21-11-4-6-13-23(21)24/h3-7,9-13,18-19,24H,2,8,14-17H2,1H3,(H,29,34)(H,32,33). The van der Waals surface area contributed by atoms with E-state index in [2.05, 4.69) is 29.6 Å².